The first-order valence-electron chi connectivity index (χ1n) is 9.48. The number of hydrogen-bond acceptors (Lipinski definition) is 3. The maximum atomic E-state index is 14.0. The summed E-state index contributed by atoms with van der Waals surface area (Å²) < 4.78 is 68.5. The molecular formula is C23H13F5N4V. The molecule has 0 amide bonds. The number of nitrogens with zero attached hydrogens (tertiary/aromatic N) is 2. The molecule has 0 saturated carbocycles. The van der Waals surface area contributed by atoms with E-state index in [1.54, 1.807) is 24.3 Å². The maximum Gasteiger partial charge on any atom is 0.417 e. The number of benzene rings is 3. The number of rotatable bonds is 3. The molecule has 0 saturated heterocycles. The van der Waals surface area contributed by atoms with E-state index >= 15 is 0 Å². The first-order chi connectivity index (χ1) is 15.3. The smallest absolute Gasteiger partial charge is 0.338 e. The molecule has 165 valence electrons. The van der Waals surface area contributed by atoms with Gasteiger partial charge in [-0.15, -0.1) is 0 Å². The van der Waals surface area contributed by atoms with Gasteiger partial charge in [0, 0.05) is 41.0 Å². The minimum atomic E-state index is -4.56. The fourth-order valence-corrected chi connectivity index (χ4v) is 3.64. The summed E-state index contributed by atoms with van der Waals surface area (Å²) in [4.78, 5) is 4.41. The number of pyridine rings is 1. The summed E-state index contributed by atoms with van der Waals surface area (Å²) in [5.74, 6) is -1.46. The summed E-state index contributed by atoms with van der Waals surface area (Å²) in [6.07, 6.45) is -4.56. The second-order valence-corrected chi connectivity index (χ2v) is 7.12. The summed E-state index contributed by atoms with van der Waals surface area (Å²) in [6, 6.07) is 15.3. The van der Waals surface area contributed by atoms with Crippen LogP contribution in [0.4, 0.5) is 33.5 Å². The Morgan fingerprint density at radius 2 is 1.58 bits per heavy atom. The quantitative estimate of drug-likeness (QED) is 0.273. The summed E-state index contributed by atoms with van der Waals surface area (Å²) in [7, 11) is 0. The third-order valence-electron chi connectivity index (χ3n) is 5.07. The normalized spacial score (nSPS) is 11.5. The molecule has 0 aliphatic carbocycles. The Bertz CT molecular complexity index is 1480. The predicted octanol–water partition coefficient (Wildman–Crippen LogP) is 6.82. The Morgan fingerprint density at radius 3 is 2.36 bits per heavy atom. The number of hydrogen-bond donors (Lipinski definition) is 2. The van der Waals surface area contributed by atoms with E-state index in [4.69, 9.17) is 0 Å². The Morgan fingerprint density at radius 1 is 0.848 bits per heavy atom. The van der Waals surface area contributed by atoms with E-state index in [1.165, 1.54) is 24.3 Å². The average Bonchev–Trinajstić information content (AvgIpc) is 3.16. The first kappa shape index (κ1) is 22.8. The summed E-state index contributed by atoms with van der Waals surface area (Å²) >= 11 is 0. The van der Waals surface area contributed by atoms with Crippen LogP contribution < -0.4 is 5.32 Å². The number of anilines is 2. The van der Waals surface area contributed by atoms with Crippen molar-refractivity contribution in [3.05, 3.63) is 83.9 Å². The van der Waals surface area contributed by atoms with E-state index in [2.05, 4.69) is 20.5 Å². The van der Waals surface area contributed by atoms with Crippen molar-refractivity contribution in [3.63, 3.8) is 0 Å². The second kappa shape index (κ2) is 8.49. The van der Waals surface area contributed by atoms with E-state index in [0.717, 1.165) is 18.2 Å². The van der Waals surface area contributed by atoms with Crippen LogP contribution in [0.2, 0.25) is 0 Å². The number of nitrogens with one attached hydrogen (secondary N) is 2. The van der Waals surface area contributed by atoms with Crippen LogP contribution in [-0.2, 0) is 24.7 Å². The van der Waals surface area contributed by atoms with E-state index in [-0.39, 0.29) is 46.5 Å². The molecule has 0 fully saturated rings. The molecule has 2 N–H and O–H groups in total. The van der Waals surface area contributed by atoms with Gasteiger partial charge in [-0.25, -0.2) is 13.8 Å². The largest absolute Gasteiger partial charge is 0.417 e. The first-order valence-corrected chi connectivity index (χ1v) is 9.48. The monoisotopic (exact) mass is 491 g/mol. The van der Waals surface area contributed by atoms with Crippen LogP contribution in [-0.4, -0.2) is 15.2 Å². The van der Waals surface area contributed by atoms with Crippen molar-refractivity contribution in [3.8, 4) is 11.3 Å². The molecule has 0 bridgehead atoms. The Kier molecular flexibility index (Phi) is 5.86. The maximum absolute atomic E-state index is 14.0. The summed E-state index contributed by atoms with van der Waals surface area (Å²) in [5, 5.41) is 10.3. The zero-order valence-corrected chi connectivity index (χ0v) is 18.0. The minimum absolute atomic E-state index is 0. The van der Waals surface area contributed by atoms with Gasteiger partial charge in [0.25, 0.3) is 0 Å². The van der Waals surface area contributed by atoms with Gasteiger partial charge in [-0.1, -0.05) is 36.4 Å². The number of alkyl halides is 3. The van der Waals surface area contributed by atoms with Gasteiger partial charge in [0.05, 0.1) is 22.5 Å². The second-order valence-electron chi connectivity index (χ2n) is 7.12. The van der Waals surface area contributed by atoms with Crippen molar-refractivity contribution in [2.45, 2.75) is 6.18 Å². The SMILES string of the molecule is Fc1cc(F)c2[nH]nc(Nc3cc(-c4ccccc4C(F)(F)F)nc4ccccc34)c2c1.[V]. The molecule has 5 rings (SSSR count). The van der Waals surface area contributed by atoms with Gasteiger partial charge in [-0.2, -0.15) is 18.3 Å². The molecule has 5 aromatic rings. The molecule has 4 nitrogen and oxygen atoms in total. The number of fused-ring (bicyclic) bond motifs is 2. The van der Waals surface area contributed by atoms with Gasteiger partial charge in [0.2, 0.25) is 0 Å². The standard InChI is InChI=1S/C23H13F5N4.V/c24-12-9-15-21(17(25)10-12)31-32-22(15)30-20-11-19(29-18-8-4-2-6-14(18)20)13-5-1-3-7-16(13)23(26,27)28;/h1-11H,(H2,29,30,31,32);. The molecule has 1 radical (unpaired) electrons. The van der Waals surface area contributed by atoms with Crippen molar-refractivity contribution in [2.75, 3.05) is 5.32 Å². The molecule has 2 aromatic heterocycles. The van der Waals surface area contributed by atoms with Crippen molar-refractivity contribution in [1.29, 1.82) is 0 Å². The molecule has 0 atom stereocenters. The number of para-hydroxylation sites is 1. The van der Waals surface area contributed by atoms with Crippen LogP contribution in [0.25, 0.3) is 33.1 Å². The number of halogens is 5. The predicted molar refractivity (Wildman–Crippen MR) is 111 cm³/mol. The zero-order chi connectivity index (χ0) is 22.5. The topological polar surface area (TPSA) is 53.6 Å². The van der Waals surface area contributed by atoms with Gasteiger partial charge in [0.1, 0.15) is 11.3 Å². The van der Waals surface area contributed by atoms with Gasteiger partial charge >= 0.3 is 6.18 Å². The Labute approximate surface area is 195 Å². The van der Waals surface area contributed by atoms with E-state index in [1.807, 2.05) is 0 Å². The summed E-state index contributed by atoms with van der Waals surface area (Å²) in [6.45, 7) is 0. The number of aromatic amines is 1. The Balaban J connectivity index is 0.00000259. The molecule has 0 aliphatic rings. The van der Waals surface area contributed by atoms with Crippen molar-refractivity contribution in [1.82, 2.24) is 15.2 Å². The molecule has 0 unspecified atom stereocenters. The summed E-state index contributed by atoms with van der Waals surface area (Å²) in [5.41, 5.74) is 0.0365. The van der Waals surface area contributed by atoms with Gasteiger partial charge in [0.15, 0.2) is 11.6 Å². The fourth-order valence-electron chi connectivity index (χ4n) is 3.64. The fraction of sp³-hybridized carbons (Fsp3) is 0.0435. The third kappa shape index (κ3) is 4.17. The number of H-pyrrole nitrogens is 1. The van der Waals surface area contributed by atoms with E-state index < -0.39 is 23.4 Å². The minimum Gasteiger partial charge on any atom is -0.338 e. The third-order valence-corrected chi connectivity index (χ3v) is 5.07. The number of aromatic nitrogens is 3. The molecule has 2 heterocycles. The van der Waals surface area contributed by atoms with Gasteiger partial charge in [-0.05, 0) is 24.3 Å². The molecular weight excluding hydrogens is 478 g/mol. The molecule has 10 heteroatoms. The van der Waals surface area contributed by atoms with Crippen molar-refractivity contribution >= 4 is 33.3 Å². The van der Waals surface area contributed by atoms with Crippen molar-refractivity contribution in [2.24, 2.45) is 0 Å². The van der Waals surface area contributed by atoms with E-state index in [9.17, 15) is 22.0 Å². The van der Waals surface area contributed by atoms with Crippen LogP contribution in [0.3, 0.4) is 0 Å². The molecule has 33 heavy (non-hydrogen) atoms. The van der Waals surface area contributed by atoms with Gasteiger partial charge < -0.3 is 5.32 Å². The molecule has 3 aromatic carbocycles. The van der Waals surface area contributed by atoms with Crippen LogP contribution in [0.5, 0.6) is 0 Å². The van der Waals surface area contributed by atoms with Crippen LogP contribution in [0, 0.1) is 11.6 Å². The van der Waals surface area contributed by atoms with Crippen LogP contribution >= 0.6 is 0 Å². The molecule has 0 spiro atoms. The van der Waals surface area contributed by atoms with Crippen LogP contribution in [0.1, 0.15) is 5.56 Å². The van der Waals surface area contributed by atoms with Crippen LogP contribution in [0.15, 0.2) is 66.7 Å². The van der Waals surface area contributed by atoms with E-state index in [0.29, 0.717) is 16.6 Å². The average molecular weight is 491 g/mol. The Hall–Kier alpha value is -3.43. The van der Waals surface area contributed by atoms with Crippen molar-refractivity contribution < 1.29 is 40.5 Å². The molecule has 0 aliphatic heterocycles. The zero-order valence-electron chi connectivity index (χ0n) is 16.6. The van der Waals surface area contributed by atoms with Gasteiger partial charge in [-0.3, -0.25) is 5.10 Å².